The Kier molecular flexibility index (Phi) is 6.94. The number of carbonyl (C=O) groups excluding carboxylic acids is 1. The average Bonchev–Trinajstić information content (AvgIpc) is 3.00. The van der Waals surface area contributed by atoms with E-state index in [0.717, 1.165) is 32.1 Å². The van der Waals surface area contributed by atoms with E-state index >= 15 is 0 Å². The van der Waals surface area contributed by atoms with Crippen LogP contribution in [0.5, 0.6) is 5.75 Å². The maximum atomic E-state index is 12.7. The van der Waals surface area contributed by atoms with Crippen molar-refractivity contribution in [1.29, 1.82) is 0 Å². The Morgan fingerprint density at radius 1 is 1.16 bits per heavy atom. The smallest absolute Gasteiger partial charge is 0.308 e. The number of carbonyl (C=O) groups is 1. The first-order valence-corrected chi connectivity index (χ1v) is 12.8. The molecule has 32 heavy (non-hydrogen) atoms. The molecule has 0 saturated carbocycles. The molecule has 0 saturated heterocycles. The van der Waals surface area contributed by atoms with Crippen molar-refractivity contribution in [2.75, 3.05) is 22.4 Å². The van der Waals surface area contributed by atoms with E-state index in [0.29, 0.717) is 17.1 Å². The lowest BCUT2D eigenvalue weighted by Gasteiger charge is -2.22. The standard InChI is InChI=1S/C22H27N3O5S2/c1-14(2)25-19-10-9-16(11-20(19)31-22(25)27)23-21(26)13-24(32(5,28)29)17-7-6-8-18(12-17)30-15(3)4/h6-12,14-15H,13H2,1-5H3,(H,23,26). The molecule has 1 aromatic heterocycles. The number of rotatable bonds is 8. The highest BCUT2D eigenvalue weighted by Crippen LogP contribution is 2.26. The summed E-state index contributed by atoms with van der Waals surface area (Å²) < 4.78 is 33.9. The SMILES string of the molecule is CC(C)Oc1cccc(N(CC(=O)Nc2ccc3c(c2)sc(=O)n3C(C)C)S(C)(=O)=O)c1. The van der Waals surface area contributed by atoms with Gasteiger partial charge >= 0.3 is 4.87 Å². The van der Waals surface area contributed by atoms with Crippen LogP contribution in [0.3, 0.4) is 0 Å². The second-order valence-corrected chi connectivity index (χ2v) is 10.9. The fraction of sp³-hybridized carbons (Fsp3) is 0.364. The van der Waals surface area contributed by atoms with Crippen molar-refractivity contribution in [3.63, 3.8) is 0 Å². The molecule has 3 aromatic rings. The third kappa shape index (κ3) is 5.49. The Balaban J connectivity index is 1.83. The average molecular weight is 478 g/mol. The fourth-order valence-electron chi connectivity index (χ4n) is 3.32. The minimum Gasteiger partial charge on any atom is -0.491 e. The number of amides is 1. The van der Waals surface area contributed by atoms with Crippen molar-refractivity contribution < 1.29 is 17.9 Å². The highest BCUT2D eigenvalue weighted by molar-refractivity contribution is 7.92. The first-order valence-electron chi connectivity index (χ1n) is 10.1. The molecule has 0 aliphatic heterocycles. The summed E-state index contributed by atoms with van der Waals surface area (Å²) in [6.07, 6.45) is 0.977. The number of aromatic nitrogens is 1. The molecule has 0 bridgehead atoms. The van der Waals surface area contributed by atoms with Gasteiger partial charge in [-0.1, -0.05) is 17.4 Å². The van der Waals surface area contributed by atoms with E-state index in [1.165, 1.54) is 0 Å². The van der Waals surface area contributed by atoms with Crippen LogP contribution in [-0.2, 0) is 14.8 Å². The van der Waals surface area contributed by atoms with Crippen LogP contribution < -0.4 is 19.2 Å². The molecule has 1 heterocycles. The number of nitrogens with one attached hydrogen (secondary N) is 1. The molecule has 1 N–H and O–H groups in total. The van der Waals surface area contributed by atoms with E-state index in [9.17, 15) is 18.0 Å². The molecule has 3 rings (SSSR count). The second kappa shape index (κ2) is 9.33. The molecule has 0 aliphatic rings. The molecule has 0 fully saturated rings. The lowest BCUT2D eigenvalue weighted by atomic mass is 10.2. The first kappa shape index (κ1) is 23.8. The molecule has 2 aromatic carbocycles. The van der Waals surface area contributed by atoms with E-state index in [1.54, 1.807) is 47.0 Å². The van der Waals surface area contributed by atoms with Gasteiger partial charge in [-0.3, -0.25) is 18.5 Å². The van der Waals surface area contributed by atoms with Crippen molar-refractivity contribution in [2.45, 2.75) is 39.8 Å². The zero-order chi connectivity index (χ0) is 23.6. The number of hydrogen-bond donors (Lipinski definition) is 1. The number of benzene rings is 2. The van der Waals surface area contributed by atoms with E-state index in [2.05, 4.69) is 5.32 Å². The van der Waals surface area contributed by atoms with Gasteiger partial charge < -0.3 is 10.1 Å². The maximum Gasteiger partial charge on any atom is 0.308 e. The summed E-state index contributed by atoms with van der Waals surface area (Å²) in [6.45, 7) is 7.22. The molecular formula is C22H27N3O5S2. The van der Waals surface area contributed by atoms with Crippen molar-refractivity contribution in [3.05, 3.63) is 52.1 Å². The zero-order valence-corrected chi connectivity index (χ0v) is 20.3. The third-order valence-corrected chi connectivity index (χ3v) is 6.64. The van der Waals surface area contributed by atoms with Crippen LogP contribution in [0.15, 0.2) is 47.3 Å². The molecule has 172 valence electrons. The number of ether oxygens (including phenoxy) is 1. The molecule has 10 heteroatoms. The Morgan fingerprint density at radius 2 is 1.88 bits per heavy atom. The van der Waals surface area contributed by atoms with Crippen LogP contribution in [0.2, 0.25) is 0 Å². The predicted octanol–water partition coefficient (Wildman–Crippen LogP) is 3.84. The molecule has 0 spiro atoms. The molecule has 0 radical (unpaired) electrons. The summed E-state index contributed by atoms with van der Waals surface area (Å²) >= 11 is 1.11. The largest absolute Gasteiger partial charge is 0.491 e. The molecule has 8 nitrogen and oxygen atoms in total. The highest BCUT2D eigenvalue weighted by Gasteiger charge is 2.22. The summed E-state index contributed by atoms with van der Waals surface area (Å²) in [5, 5.41) is 2.73. The van der Waals surface area contributed by atoms with E-state index in [-0.39, 0.29) is 17.0 Å². The number of anilines is 2. The number of nitrogens with zero attached hydrogens (tertiary/aromatic N) is 2. The van der Waals surface area contributed by atoms with Crippen molar-refractivity contribution in [1.82, 2.24) is 4.57 Å². The third-order valence-electron chi connectivity index (χ3n) is 4.58. The summed E-state index contributed by atoms with van der Waals surface area (Å²) in [4.78, 5) is 24.9. The van der Waals surface area contributed by atoms with Gasteiger partial charge in [-0.2, -0.15) is 0 Å². The lowest BCUT2D eigenvalue weighted by Crippen LogP contribution is -2.37. The van der Waals surface area contributed by atoms with Crippen LogP contribution >= 0.6 is 11.3 Å². The summed E-state index contributed by atoms with van der Waals surface area (Å²) in [5.41, 5.74) is 1.63. The lowest BCUT2D eigenvalue weighted by molar-refractivity contribution is -0.114. The zero-order valence-electron chi connectivity index (χ0n) is 18.7. The molecule has 0 unspecified atom stereocenters. The topological polar surface area (TPSA) is 97.7 Å². The summed E-state index contributed by atoms with van der Waals surface area (Å²) in [5.74, 6) is 0.0159. The van der Waals surface area contributed by atoms with Crippen LogP contribution in [0.25, 0.3) is 10.2 Å². The first-order chi connectivity index (χ1) is 15.0. The van der Waals surface area contributed by atoms with Crippen LogP contribution in [0.1, 0.15) is 33.7 Å². The Morgan fingerprint density at radius 3 is 2.50 bits per heavy atom. The van der Waals surface area contributed by atoms with Crippen LogP contribution in [-0.4, -0.2) is 37.8 Å². The molecule has 0 atom stereocenters. The molecular weight excluding hydrogens is 450 g/mol. The van der Waals surface area contributed by atoms with E-state index < -0.39 is 22.5 Å². The van der Waals surface area contributed by atoms with E-state index in [4.69, 9.17) is 4.74 Å². The van der Waals surface area contributed by atoms with Crippen LogP contribution in [0, 0.1) is 0 Å². The number of fused-ring (bicyclic) bond motifs is 1. The van der Waals surface area contributed by atoms with Gasteiger partial charge in [0.25, 0.3) is 0 Å². The predicted molar refractivity (Wildman–Crippen MR) is 129 cm³/mol. The second-order valence-electron chi connectivity index (χ2n) is 8.00. The van der Waals surface area contributed by atoms with Gasteiger partial charge in [-0.05, 0) is 58.0 Å². The molecule has 0 aliphatic carbocycles. The monoisotopic (exact) mass is 477 g/mol. The van der Waals surface area contributed by atoms with Gasteiger partial charge in [-0.15, -0.1) is 0 Å². The Hall–Kier alpha value is -2.85. The minimum absolute atomic E-state index is 0.0236. The quantitative estimate of drug-likeness (QED) is 0.532. The van der Waals surface area contributed by atoms with Gasteiger partial charge in [0.15, 0.2) is 0 Å². The number of thiazole rings is 1. The van der Waals surface area contributed by atoms with Gasteiger partial charge in [-0.25, -0.2) is 8.42 Å². The van der Waals surface area contributed by atoms with Crippen molar-refractivity contribution >= 4 is 48.9 Å². The fourth-order valence-corrected chi connectivity index (χ4v) is 5.22. The van der Waals surface area contributed by atoms with E-state index in [1.807, 2.05) is 27.7 Å². The summed E-state index contributed by atoms with van der Waals surface area (Å²) in [6, 6.07) is 11.8. The maximum absolute atomic E-state index is 12.7. The normalized spacial score (nSPS) is 11.8. The van der Waals surface area contributed by atoms with Gasteiger partial charge in [0, 0.05) is 17.8 Å². The van der Waals surface area contributed by atoms with Gasteiger partial charge in [0.1, 0.15) is 12.3 Å². The Bertz CT molecular complexity index is 1290. The van der Waals surface area contributed by atoms with Crippen molar-refractivity contribution in [2.24, 2.45) is 0 Å². The van der Waals surface area contributed by atoms with Crippen LogP contribution in [0.4, 0.5) is 11.4 Å². The molecule has 1 amide bonds. The highest BCUT2D eigenvalue weighted by atomic mass is 32.2. The van der Waals surface area contributed by atoms with Crippen molar-refractivity contribution in [3.8, 4) is 5.75 Å². The van der Waals surface area contributed by atoms with Gasteiger partial charge in [0.2, 0.25) is 15.9 Å². The number of sulfonamides is 1. The van der Waals surface area contributed by atoms with Gasteiger partial charge in [0.05, 0.1) is 28.3 Å². The minimum atomic E-state index is -3.72. The number of hydrogen-bond acceptors (Lipinski definition) is 6. The Labute approximate surface area is 191 Å². The summed E-state index contributed by atoms with van der Waals surface area (Å²) in [7, 11) is -3.72.